The quantitative estimate of drug-likeness (QED) is 0.369. The Kier molecular flexibility index (Phi) is 5.33. The van der Waals surface area contributed by atoms with Crippen LogP contribution in [0.15, 0.2) is 76.9 Å². The summed E-state index contributed by atoms with van der Waals surface area (Å²) in [7, 11) is 1.57. The summed E-state index contributed by atoms with van der Waals surface area (Å²) in [6.45, 7) is 0.164. The summed E-state index contributed by atoms with van der Waals surface area (Å²) in [5.74, 6) is -0.673. The van der Waals surface area contributed by atoms with Gasteiger partial charge in [-0.05, 0) is 54.1 Å². The van der Waals surface area contributed by atoms with Crippen molar-refractivity contribution in [2.24, 2.45) is 0 Å². The first-order valence-electron chi connectivity index (χ1n) is 9.20. The van der Waals surface area contributed by atoms with Crippen LogP contribution in [-0.2, 0) is 16.1 Å². The van der Waals surface area contributed by atoms with Gasteiger partial charge in [-0.3, -0.25) is 9.59 Å². The second-order valence-electron chi connectivity index (χ2n) is 6.80. The van der Waals surface area contributed by atoms with Crippen molar-refractivity contribution < 1.29 is 23.8 Å². The molecule has 0 radical (unpaired) electrons. The van der Waals surface area contributed by atoms with E-state index in [9.17, 15) is 14.7 Å². The molecule has 0 aliphatic carbocycles. The Morgan fingerprint density at radius 1 is 1.10 bits per heavy atom. The van der Waals surface area contributed by atoms with Crippen molar-refractivity contribution in [1.29, 1.82) is 0 Å². The molecular formula is C23H18ClNO5. The van der Waals surface area contributed by atoms with Gasteiger partial charge in [-0.25, -0.2) is 0 Å². The van der Waals surface area contributed by atoms with Gasteiger partial charge in [0.25, 0.3) is 11.7 Å². The Balaban J connectivity index is 1.78. The molecule has 4 rings (SSSR count). The maximum atomic E-state index is 12.9. The van der Waals surface area contributed by atoms with Crippen LogP contribution in [0.3, 0.4) is 0 Å². The van der Waals surface area contributed by atoms with Crippen molar-refractivity contribution >= 4 is 29.1 Å². The second kappa shape index (κ2) is 8.08. The number of benzene rings is 2. The van der Waals surface area contributed by atoms with E-state index in [-0.39, 0.29) is 17.9 Å². The number of carbonyl (C=O) groups excluding carboxylic acids is 2. The molecule has 1 amide bonds. The van der Waals surface area contributed by atoms with Crippen molar-refractivity contribution in [3.63, 3.8) is 0 Å². The van der Waals surface area contributed by atoms with Crippen LogP contribution in [0.4, 0.5) is 0 Å². The van der Waals surface area contributed by atoms with E-state index < -0.39 is 17.7 Å². The average Bonchev–Trinajstić information content (AvgIpc) is 3.37. The number of likely N-dealkylation sites (tertiary alicyclic amines) is 1. The van der Waals surface area contributed by atoms with Gasteiger partial charge in [-0.1, -0.05) is 23.7 Å². The third-order valence-corrected chi connectivity index (χ3v) is 5.23. The number of rotatable bonds is 5. The average molecular weight is 424 g/mol. The summed E-state index contributed by atoms with van der Waals surface area (Å²) in [6, 6.07) is 16.1. The molecule has 0 bridgehead atoms. The molecule has 7 heteroatoms. The zero-order valence-corrected chi connectivity index (χ0v) is 16.8. The number of hydrogen-bond donors (Lipinski definition) is 1. The minimum Gasteiger partial charge on any atom is -0.507 e. The number of furan rings is 1. The van der Waals surface area contributed by atoms with Crippen molar-refractivity contribution in [1.82, 2.24) is 4.90 Å². The van der Waals surface area contributed by atoms with Gasteiger partial charge in [0.05, 0.1) is 18.9 Å². The standard InChI is InChI=1S/C23H18ClNO5/c1-29-17-10-4-14(5-11-17)13-25-20(18-3-2-12-30-18)19(22(27)23(25)28)21(26)15-6-8-16(24)9-7-15/h2-12,20,26H,13H2,1H3/b21-19-. The second-order valence-corrected chi connectivity index (χ2v) is 7.23. The summed E-state index contributed by atoms with van der Waals surface area (Å²) < 4.78 is 10.7. The van der Waals surface area contributed by atoms with Crippen LogP contribution in [0, 0.1) is 0 Å². The highest BCUT2D eigenvalue weighted by molar-refractivity contribution is 6.46. The lowest BCUT2D eigenvalue weighted by Gasteiger charge is -2.23. The lowest BCUT2D eigenvalue weighted by Crippen LogP contribution is -2.29. The Morgan fingerprint density at radius 2 is 1.80 bits per heavy atom. The molecule has 6 nitrogen and oxygen atoms in total. The number of nitrogens with zero attached hydrogens (tertiary/aromatic N) is 1. The van der Waals surface area contributed by atoms with Crippen LogP contribution in [0.1, 0.15) is 22.9 Å². The molecule has 1 atom stereocenters. The number of halogens is 1. The first-order valence-corrected chi connectivity index (χ1v) is 9.58. The van der Waals surface area contributed by atoms with E-state index in [0.717, 1.165) is 5.56 Å². The molecule has 1 aliphatic heterocycles. The molecule has 0 saturated carbocycles. The molecule has 2 aromatic carbocycles. The van der Waals surface area contributed by atoms with Crippen LogP contribution >= 0.6 is 11.6 Å². The van der Waals surface area contributed by atoms with Crippen molar-refractivity contribution in [2.45, 2.75) is 12.6 Å². The number of methoxy groups -OCH3 is 1. The molecule has 1 fully saturated rings. The molecule has 1 aromatic heterocycles. The molecule has 1 aliphatic rings. The van der Waals surface area contributed by atoms with Crippen molar-refractivity contribution in [3.05, 3.63) is 94.4 Å². The summed E-state index contributed by atoms with van der Waals surface area (Å²) in [5, 5.41) is 11.4. The van der Waals surface area contributed by atoms with Gasteiger partial charge in [0, 0.05) is 17.1 Å². The monoisotopic (exact) mass is 423 g/mol. The Labute approximate surface area is 177 Å². The maximum Gasteiger partial charge on any atom is 0.296 e. The topological polar surface area (TPSA) is 80.0 Å². The van der Waals surface area contributed by atoms with Gasteiger partial charge in [0.15, 0.2) is 0 Å². The van der Waals surface area contributed by atoms with E-state index in [2.05, 4.69) is 0 Å². The molecule has 1 unspecified atom stereocenters. The molecule has 1 N–H and O–H groups in total. The van der Waals surface area contributed by atoms with E-state index in [1.54, 1.807) is 55.6 Å². The highest BCUT2D eigenvalue weighted by Gasteiger charge is 2.47. The van der Waals surface area contributed by atoms with Gasteiger partial charge in [-0.2, -0.15) is 0 Å². The van der Waals surface area contributed by atoms with E-state index in [4.69, 9.17) is 20.8 Å². The van der Waals surface area contributed by atoms with E-state index in [1.165, 1.54) is 11.2 Å². The zero-order chi connectivity index (χ0) is 21.3. The summed E-state index contributed by atoms with van der Waals surface area (Å²) in [5.41, 5.74) is 1.17. The van der Waals surface area contributed by atoms with Gasteiger partial charge >= 0.3 is 0 Å². The largest absolute Gasteiger partial charge is 0.507 e. The van der Waals surface area contributed by atoms with Gasteiger partial charge < -0.3 is 19.2 Å². The van der Waals surface area contributed by atoms with Gasteiger partial charge in [-0.15, -0.1) is 0 Å². The Hall–Kier alpha value is -3.51. The normalized spacial score (nSPS) is 18.1. The number of ether oxygens (including phenoxy) is 1. The fraction of sp³-hybridized carbons (Fsp3) is 0.130. The first kappa shape index (κ1) is 19.8. The molecular weight excluding hydrogens is 406 g/mol. The van der Waals surface area contributed by atoms with Crippen LogP contribution in [0.5, 0.6) is 5.75 Å². The van der Waals surface area contributed by atoms with Crippen molar-refractivity contribution in [3.8, 4) is 5.75 Å². The maximum absolute atomic E-state index is 12.9. The van der Waals surface area contributed by atoms with Crippen LogP contribution < -0.4 is 4.74 Å². The van der Waals surface area contributed by atoms with E-state index >= 15 is 0 Å². The Bertz CT molecular complexity index is 1100. The summed E-state index contributed by atoms with van der Waals surface area (Å²) in [4.78, 5) is 27.2. The molecule has 0 spiro atoms. The molecule has 3 aromatic rings. The minimum absolute atomic E-state index is 0.0224. The smallest absolute Gasteiger partial charge is 0.296 e. The summed E-state index contributed by atoms with van der Waals surface area (Å²) in [6.07, 6.45) is 1.46. The molecule has 152 valence electrons. The number of Topliss-reactive ketones (excluding diaryl/α,β-unsaturated/α-hetero) is 1. The van der Waals surface area contributed by atoms with E-state index in [0.29, 0.717) is 22.1 Å². The highest BCUT2D eigenvalue weighted by atomic mass is 35.5. The first-order chi connectivity index (χ1) is 14.5. The van der Waals surface area contributed by atoms with Gasteiger partial charge in [0.1, 0.15) is 23.3 Å². The van der Waals surface area contributed by atoms with Crippen LogP contribution in [-0.4, -0.2) is 28.8 Å². The zero-order valence-electron chi connectivity index (χ0n) is 16.0. The Morgan fingerprint density at radius 3 is 2.40 bits per heavy atom. The number of aliphatic hydroxyl groups excluding tert-OH is 1. The van der Waals surface area contributed by atoms with Gasteiger partial charge in [0.2, 0.25) is 0 Å². The number of ketones is 1. The van der Waals surface area contributed by atoms with E-state index in [1.807, 2.05) is 12.1 Å². The third-order valence-electron chi connectivity index (χ3n) is 4.98. The lowest BCUT2D eigenvalue weighted by atomic mass is 9.99. The number of hydrogen-bond acceptors (Lipinski definition) is 5. The van der Waals surface area contributed by atoms with Crippen LogP contribution in [0.25, 0.3) is 5.76 Å². The summed E-state index contributed by atoms with van der Waals surface area (Å²) >= 11 is 5.92. The molecule has 2 heterocycles. The number of carbonyl (C=O) groups is 2. The minimum atomic E-state index is -0.849. The lowest BCUT2D eigenvalue weighted by molar-refractivity contribution is -0.140. The number of aliphatic hydroxyl groups is 1. The fourth-order valence-corrected chi connectivity index (χ4v) is 3.60. The predicted molar refractivity (Wildman–Crippen MR) is 111 cm³/mol. The fourth-order valence-electron chi connectivity index (χ4n) is 3.48. The number of amides is 1. The molecule has 1 saturated heterocycles. The predicted octanol–water partition coefficient (Wildman–Crippen LogP) is 4.56. The SMILES string of the molecule is COc1ccc(CN2C(=O)C(=O)/C(=C(\O)c3ccc(Cl)cc3)C2c2ccco2)cc1. The highest BCUT2D eigenvalue weighted by Crippen LogP contribution is 2.40. The third kappa shape index (κ3) is 3.57. The van der Waals surface area contributed by atoms with Crippen molar-refractivity contribution in [2.75, 3.05) is 7.11 Å². The van der Waals surface area contributed by atoms with Crippen LogP contribution in [0.2, 0.25) is 5.02 Å². The molecule has 30 heavy (non-hydrogen) atoms.